The first-order valence-corrected chi connectivity index (χ1v) is 6.93. The predicted octanol–water partition coefficient (Wildman–Crippen LogP) is 3.80. The van der Waals surface area contributed by atoms with E-state index in [2.05, 4.69) is 54.7 Å². The number of aryl methyl sites for hydroxylation is 1. The molecule has 0 atom stereocenters. The van der Waals surface area contributed by atoms with Crippen molar-refractivity contribution in [2.45, 2.75) is 26.3 Å². The summed E-state index contributed by atoms with van der Waals surface area (Å²) in [5.41, 5.74) is 5.28. The van der Waals surface area contributed by atoms with Gasteiger partial charge in [0, 0.05) is 18.7 Å². The number of benzene rings is 2. The number of fused-ring (bicyclic) bond motifs is 1. The van der Waals surface area contributed by atoms with Gasteiger partial charge in [-0.3, -0.25) is 0 Å². The van der Waals surface area contributed by atoms with Crippen molar-refractivity contribution in [2.75, 3.05) is 11.9 Å². The Bertz CT molecular complexity index is 577. The fourth-order valence-electron chi connectivity index (χ4n) is 2.57. The maximum absolute atomic E-state index is 5.52. The van der Waals surface area contributed by atoms with E-state index in [0.29, 0.717) is 0 Å². The second-order valence-corrected chi connectivity index (χ2v) is 4.90. The number of rotatable bonds is 4. The Hall–Kier alpha value is -1.96. The summed E-state index contributed by atoms with van der Waals surface area (Å²) < 4.78 is 5.52. The Morgan fingerprint density at radius 1 is 1.11 bits per heavy atom. The van der Waals surface area contributed by atoms with Gasteiger partial charge in [0.2, 0.25) is 0 Å². The molecule has 19 heavy (non-hydrogen) atoms. The topological polar surface area (TPSA) is 21.3 Å². The average Bonchev–Trinajstić information content (AvgIpc) is 2.93. The molecule has 3 rings (SSSR count). The van der Waals surface area contributed by atoms with Crippen LogP contribution in [0.25, 0.3) is 0 Å². The van der Waals surface area contributed by atoms with Gasteiger partial charge in [0.05, 0.1) is 6.61 Å². The summed E-state index contributed by atoms with van der Waals surface area (Å²) >= 11 is 0. The van der Waals surface area contributed by atoms with Crippen LogP contribution in [0.3, 0.4) is 0 Å². The van der Waals surface area contributed by atoms with E-state index < -0.39 is 0 Å². The van der Waals surface area contributed by atoms with Crippen LogP contribution in [0.5, 0.6) is 5.75 Å². The summed E-state index contributed by atoms with van der Waals surface area (Å²) in [5.74, 6) is 1.04. The van der Waals surface area contributed by atoms with Crippen LogP contribution < -0.4 is 10.1 Å². The van der Waals surface area contributed by atoms with Crippen molar-refractivity contribution in [1.82, 2.24) is 0 Å². The maximum atomic E-state index is 5.52. The molecule has 1 aliphatic rings. The van der Waals surface area contributed by atoms with Crippen molar-refractivity contribution in [3.05, 3.63) is 59.2 Å². The lowest BCUT2D eigenvalue weighted by atomic mass is 10.1. The van der Waals surface area contributed by atoms with Gasteiger partial charge in [0.25, 0.3) is 0 Å². The molecule has 0 aliphatic carbocycles. The second kappa shape index (κ2) is 5.35. The third kappa shape index (κ3) is 2.58. The highest BCUT2D eigenvalue weighted by Crippen LogP contribution is 2.28. The van der Waals surface area contributed by atoms with Gasteiger partial charge >= 0.3 is 0 Å². The largest absolute Gasteiger partial charge is 0.493 e. The van der Waals surface area contributed by atoms with E-state index in [1.54, 1.807) is 0 Å². The van der Waals surface area contributed by atoms with Crippen molar-refractivity contribution in [1.29, 1.82) is 0 Å². The molecule has 2 nitrogen and oxygen atoms in total. The average molecular weight is 253 g/mol. The van der Waals surface area contributed by atoms with Gasteiger partial charge in [-0.2, -0.15) is 0 Å². The number of nitrogens with one attached hydrogen (secondary N) is 1. The molecule has 1 aliphatic heterocycles. The second-order valence-electron chi connectivity index (χ2n) is 4.90. The molecule has 0 aromatic heterocycles. The minimum absolute atomic E-state index is 0.817. The molecule has 2 heteroatoms. The molecule has 1 heterocycles. The minimum Gasteiger partial charge on any atom is -0.493 e. The Labute approximate surface area is 114 Å². The van der Waals surface area contributed by atoms with E-state index in [-0.39, 0.29) is 0 Å². The fraction of sp³-hybridized carbons (Fsp3) is 0.294. The van der Waals surface area contributed by atoms with E-state index in [1.165, 1.54) is 22.4 Å². The lowest BCUT2D eigenvalue weighted by Gasteiger charge is -2.11. The summed E-state index contributed by atoms with van der Waals surface area (Å²) in [6, 6.07) is 15.0. The normalized spacial score (nSPS) is 12.9. The summed E-state index contributed by atoms with van der Waals surface area (Å²) in [7, 11) is 0. The molecule has 1 N–H and O–H groups in total. The molecule has 2 aromatic rings. The van der Waals surface area contributed by atoms with Gasteiger partial charge in [-0.25, -0.2) is 0 Å². The van der Waals surface area contributed by atoms with Crippen LogP contribution in [0.1, 0.15) is 23.6 Å². The SMILES string of the molecule is CCc1ccccc1CNc1ccc2c(c1)CCO2. The quantitative estimate of drug-likeness (QED) is 0.895. The highest BCUT2D eigenvalue weighted by Gasteiger charge is 2.11. The summed E-state index contributed by atoms with van der Waals surface area (Å²) in [6.45, 7) is 3.90. The Morgan fingerprint density at radius 2 is 1.95 bits per heavy atom. The molecule has 0 amide bonds. The molecule has 2 aromatic carbocycles. The van der Waals surface area contributed by atoms with Crippen molar-refractivity contribution < 1.29 is 4.74 Å². The zero-order chi connectivity index (χ0) is 13.1. The Balaban J connectivity index is 1.72. The van der Waals surface area contributed by atoms with E-state index in [0.717, 1.165) is 31.7 Å². The molecular formula is C17H19NO. The van der Waals surface area contributed by atoms with Crippen LogP contribution in [0.4, 0.5) is 5.69 Å². The smallest absolute Gasteiger partial charge is 0.122 e. The third-order valence-corrected chi connectivity index (χ3v) is 3.67. The van der Waals surface area contributed by atoms with Gasteiger partial charge in [0.15, 0.2) is 0 Å². The predicted molar refractivity (Wildman–Crippen MR) is 78.8 cm³/mol. The molecule has 0 bridgehead atoms. The standard InChI is InChI=1S/C17H19NO/c1-2-13-5-3-4-6-15(13)12-18-16-7-8-17-14(11-16)9-10-19-17/h3-8,11,18H,2,9-10,12H2,1H3. The molecular weight excluding hydrogens is 234 g/mol. The highest BCUT2D eigenvalue weighted by atomic mass is 16.5. The van der Waals surface area contributed by atoms with Gasteiger partial charge in [-0.15, -0.1) is 0 Å². The van der Waals surface area contributed by atoms with Crippen LogP contribution in [-0.2, 0) is 19.4 Å². The van der Waals surface area contributed by atoms with E-state index in [9.17, 15) is 0 Å². The first-order valence-electron chi connectivity index (χ1n) is 6.93. The zero-order valence-electron chi connectivity index (χ0n) is 11.3. The molecule has 0 spiro atoms. The van der Waals surface area contributed by atoms with E-state index >= 15 is 0 Å². The van der Waals surface area contributed by atoms with Crippen LogP contribution >= 0.6 is 0 Å². The fourth-order valence-corrected chi connectivity index (χ4v) is 2.57. The first kappa shape index (κ1) is 12.1. The molecule has 0 radical (unpaired) electrons. The maximum Gasteiger partial charge on any atom is 0.122 e. The number of hydrogen-bond acceptors (Lipinski definition) is 2. The van der Waals surface area contributed by atoms with Crippen molar-refractivity contribution in [2.24, 2.45) is 0 Å². The van der Waals surface area contributed by atoms with Crippen LogP contribution in [0.2, 0.25) is 0 Å². The third-order valence-electron chi connectivity index (χ3n) is 3.67. The van der Waals surface area contributed by atoms with Gasteiger partial charge in [-0.1, -0.05) is 31.2 Å². The molecule has 98 valence electrons. The van der Waals surface area contributed by atoms with E-state index in [1.807, 2.05) is 0 Å². The number of ether oxygens (including phenoxy) is 1. The van der Waals surface area contributed by atoms with Gasteiger partial charge < -0.3 is 10.1 Å². The minimum atomic E-state index is 0.817. The number of anilines is 1. The highest BCUT2D eigenvalue weighted by molar-refractivity contribution is 5.52. The van der Waals surface area contributed by atoms with Crippen LogP contribution in [0, 0.1) is 0 Å². The monoisotopic (exact) mass is 253 g/mol. The van der Waals surface area contributed by atoms with Crippen molar-refractivity contribution in [3.63, 3.8) is 0 Å². The molecule has 0 fully saturated rings. The lowest BCUT2D eigenvalue weighted by Crippen LogP contribution is -2.02. The molecule has 0 saturated heterocycles. The first-order chi connectivity index (χ1) is 9.36. The number of hydrogen-bond donors (Lipinski definition) is 1. The lowest BCUT2D eigenvalue weighted by molar-refractivity contribution is 0.357. The summed E-state index contributed by atoms with van der Waals surface area (Å²) in [4.78, 5) is 0. The van der Waals surface area contributed by atoms with Crippen molar-refractivity contribution >= 4 is 5.69 Å². The van der Waals surface area contributed by atoms with Gasteiger partial charge in [0.1, 0.15) is 5.75 Å². The molecule has 0 unspecified atom stereocenters. The van der Waals surface area contributed by atoms with Crippen LogP contribution in [-0.4, -0.2) is 6.61 Å². The van der Waals surface area contributed by atoms with Crippen molar-refractivity contribution in [3.8, 4) is 5.75 Å². The Kier molecular flexibility index (Phi) is 3.41. The van der Waals surface area contributed by atoms with Crippen LogP contribution in [0.15, 0.2) is 42.5 Å². The summed E-state index contributed by atoms with van der Waals surface area (Å²) in [5, 5.41) is 3.51. The zero-order valence-corrected chi connectivity index (χ0v) is 11.3. The Morgan fingerprint density at radius 3 is 2.79 bits per heavy atom. The van der Waals surface area contributed by atoms with E-state index in [4.69, 9.17) is 4.74 Å². The summed E-state index contributed by atoms with van der Waals surface area (Å²) in [6.07, 6.45) is 2.10. The molecule has 0 saturated carbocycles. The van der Waals surface area contributed by atoms with Gasteiger partial charge in [-0.05, 0) is 41.3 Å².